The molecule has 0 radical (unpaired) electrons. The van der Waals surface area contributed by atoms with Crippen LogP contribution < -0.4 is 5.01 Å². The van der Waals surface area contributed by atoms with E-state index in [1.165, 1.54) is 11.9 Å². The van der Waals surface area contributed by atoms with E-state index in [9.17, 15) is 14.7 Å². The lowest BCUT2D eigenvalue weighted by Crippen LogP contribution is -2.66. The number of carbonyl (C=O) groups excluding carboxylic acids is 3. The van der Waals surface area contributed by atoms with Crippen molar-refractivity contribution in [3.63, 3.8) is 0 Å². The van der Waals surface area contributed by atoms with Gasteiger partial charge in [-0.3, -0.25) is 9.59 Å². The van der Waals surface area contributed by atoms with Gasteiger partial charge in [-0.25, -0.2) is 0 Å². The number of esters is 1. The molecule has 5 rings (SSSR count). The van der Waals surface area contributed by atoms with Gasteiger partial charge in [0.25, 0.3) is 5.91 Å². The second-order valence-electron chi connectivity index (χ2n) is 10.9. The summed E-state index contributed by atoms with van der Waals surface area (Å²) in [5.41, 5.74) is 0.0785. The molecule has 1 heterocycles. The lowest BCUT2D eigenvalue weighted by atomic mass is 9.44. The molecule has 40 heavy (non-hydrogen) atoms. The first-order valence-corrected chi connectivity index (χ1v) is 13.6. The molecule has 1 spiro atoms. The Balaban J connectivity index is 1.89. The average molecular weight is 539 g/mol. The molecule has 0 saturated heterocycles. The van der Waals surface area contributed by atoms with E-state index in [2.05, 4.69) is 0 Å². The molecule has 0 bridgehead atoms. The lowest BCUT2D eigenvalue weighted by molar-refractivity contribution is -0.179. The molecule has 7 nitrogen and oxygen atoms in total. The number of amides is 1. The smallest absolute Gasteiger partial charge is 0.312 e. The quantitative estimate of drug-likeness (QED) is 0.351. The monoisotopic (exact) mass is 538 g/mol. The third-order valence-corrected chi connectivity index (χ3v) is 8.62. The first-order chi connectivity index (χ1) is 19.2. The third-order valence-electron chi connectivity index (χ3n) is 8.62. The van der Waals surface area contributed by atoms with Gasteiger partial charge in [0.15, 0.2) is 0 Å². The molecule has 2 aliphatic rings. The molecule has 1 saturated carbocycles. The molecule has 3 aromatic rings. The molecular formula is C33H34N2O5. The number of ether oxygens (including phenoxy) is 1. The normalized spacial score (nSPS) is 29.8. The first kappa shape index (κ1) is 27.5. The van der Waals surface area contributed by atoms with Crippen LogP contribution >= 0.6 is 0 Å². The van der Waals surface area contributed by atoms with Gasteiger partial charge in [-0.15, -0.1) is 0 Å². The van der Waals surface area contributed by atoms with Crippen LogP contribution in [0.2, 0.25) is 0 Å². The molecular weight excluding hydrogens is 504 g/mol. The highest BCUT2D eigenvalue weighted by atomic mass is 16.5. The Labute approximate surface area is 234 Å². The zero-order valence-electron chi connectivity index (χ0n) is 23.2. The fourth-order valence-corrected chi connectivity index (χ4v) is 6.96. The van der Waals surface area contributed by atoms with Crippen LogP contribution in [-0.2, 0) is 19.1 Å². The van der Waals surface area contributed by atoms with Gasteiger partial charge in [-0.1, -0.05) is 78.4 Å². The number of anilines is 1. The van der Waals surface area contributed by atoms with Gasteiger partial charge in [-0.05, 0) is 51.0 Å². The highest BCUT2D eigenvalue weighted by Crippen LogP contribution is 2.65. The largest absolute Gasteiger partial charge is 0.466 e. The van der Waals surface area contributed by atoms with Crippen molar-refractivity contribution in [2.24, 2.45) is 22.4 Å². The number of aryl methyl sites for hydroxylation is 1. The minimum Gasteiger partial charge on any atom is -0.466 e. The zero-order chi connectivity index (χ0) is 28.7. The molecule has 1 aliphatic carbocycles. The Bertz CT molecular complexity index is 1450. The minimum absolute atomic E-state index is 0.0874. The summed E-state index contributed by atoms with van der Waals surface area (Å²) < 4.78 is 5.53. The number of aldehydes is 1. The van der Waals surface area contributed by atoms with Crippen LogP contribution in [0.3, 0.4) is 0 Å². The second-order valence-corrected chi connectivity index (χ2v) is 10.9. The van der Waals surface area contributed by atoms with E-state index in [1.54, 1.807) is 26.0 Å². The van der Waals surface area contributed by atoms with Gasteiger partial charge in [0.05, 0.1) is 35.4 Å². The summed E-state index contributed by atoms with van der Waals surface area (Å²) in [5.74, 6) is -5.05. The number of hydrogen-bond donors (Lipinski definition) is 1. The lowest BCUT2D eigenvalue weighted by Gasteiger charge is -2.57. The number of benzene rings is 3. The van der Waals surface area contributed by atoms with E-state index >= 15 is 4.79 Å². The molecule has 0 unspecified atom stereocenters. The topological polar surface area (TPSA) is 96.3 Å². The molecule has 3 aromatic carbocycles. The fraction of sp³-hybridized carbons (Fsp3) is 0.333. The second kappa shape index (κ2) is 10.5. The molecule has 1 N–H and O–H groups in total. The Hall–Kier alpha value is -4.10. The summed E-state index contributed by atoms with van der Waals surface area (Å²) in [7, 11) is 0. The average Bonchev–Trinajstić information content (AvgIpc) is 3.20. The van der Waals surface area contributed by atoms with Gasteiger partial charge < -0.3 is 14.6 Å². The van der Waals surface area contributed by atoms with Crippen molar-refractivity contribution in [2.45, 2.75) is 45.1 Å². The van der Waals surface area contributed by atoms with Gasteiger partial charge in [0.2, 0.25) is 0 Å². The van der Waals surface area contributed by atoms with Crippen molar-refractivity contribution in [2.75, 3.05) is 11.6 Å². The van der Waals surface area contributed by atoms with Crippen LogP contribution in [0.25, 0.3) is 0 Å². The molecule has 1 amide bonds. The van der Waals surface area contributed by atoms with Crippen molar-refractivity contribution in [1.82, 2.24) is 0 Å². The van der Waals surface area contributed by atoms with Crippen molar-refractivity contribution in [3.8, 4) is 0 Å². The van der Waals surface area contributed by atoms with E-state index in [4.69, 9.17) is 9.84 Å². The van der Waals surface area contributed by atoms with Crippen molar-refractivity contribution < 1.29 is 24.2 Å². The third kappa shape index (κ3) is 4.07. The van der Waals surface area contributed by atoms with E-state index in [0.29, 0.717) is 23.2 Å². The summed E-state index contributed by atoms with van der Waals surface area (Å²) >= 11 is 0. The maximum atomic E-state index is 15.0. The maximum Gasteiger partial charge on any atom is 0.312 e. The zero-order valence-corrected chi connectivity index (χ0v) is 23.2. The van der Waals surface area contributed by atoms with Crippen molar-refractivity contribution in [1.29, 1.82) is 0 Å². The van der Waals surface area contributed by atoms with Crippen LogP contribution in [0.5, 0.6) is 0 Å². The summed E-state index contributed by atoms with van der Waals surface area (Å²) in [6, 6.07) is 26.0. The number of rotatable bonds is 6. The number of hydrogen-bond acceptors (Lipinski definition) is 6. The number of para-hydroxylation sites is 1. The Kier molecular flexibility index (Phi) is 7.19. The van der Waals surface area contributed by atoms with Crippen LogP contribution in [0.15, 0.2) is 90.0 Å². The molecule has 1 fully saturated rings. The van der Waals surface area contributed by atoms with Crippen LogP contribution in [0.1, 0.15) is 49.3 Å². The van der Waals surface area contributed by atoms with Gasteiger partial charge >= 0.3 is 5.97 Å². The van der Waals surface area contributed by atoms with Crippen LogP contribution in [0.4, 0.5) is 5.69 Å². The Morgan fingerprint density at radius 2 is 1.60 bits per heavy atom. The molecule has 206 valence electrons. The highest BCUT2D eigenvalue weighted by Gasteiger charge is 2.72. The minimum atomic E-state index is -1.84. The maximum absolute atomic E-state index is 15.0. The number of carbonyl (C=O) groups is 3. The predicted octanol–water partition coefficient (Wildman–Crippen LogP) is 5.03. The van der Waals surface area contributed by atoms with E-state index in [-0.39, 0.29) is 12.5 Å². The summed E-state index contributed by atoms with van der Waals surface area (Å²) in [6.07, 6.45) is 0.688. The molecule has 7 heteroatoms. The Morgan fingerprint density at radius 1 is 0.975 bits per heavy atom. The van der Waals surface area contributed by atoms with Gasteiger partial charge in [0.1, 0.15) is 11.7 Å². The summed E-state index contributed by atoms with van der Waals surface area (Å²) in [6.45, 7) is 7.02. The Morgan fingerprint density at radius 3 is 2.20 bits per heavy atom. The molecule has 6 atom stereocenters. The number of aliphatic hydroxyl groups is 1. The summed E-state index contributed by atoms with van der Waals surface area (Å²) in [4.78, 5) is 41.8. The van der Waals surface area contributed by atoms with Crippen LogP contribution in [0, 0.1) is 24.2 Å². The first-order valence-electron chi connectivity index (χ1n) is 13.6. The van der Waals surface area contributed by atoms with E-state index in [0.717, 1.165) is 11.1 Å². The van der Waals surface area contributed by atoms with Crippen molar-refractivity contribution >= 4 is 29.6 Å². The SMILES string of the molecule is CCOC(=O)[C@H]1[C@H](c2ccccc2)[C@]2(C(=O)N(c3ccccc3)N=C2C)[C@H](c2cccc(C)c2)[C@@H](C=O)[C@@]1(C)O. The molecule has 1 aliphatic heterocycles. The van der Waals surface area contributed by atoms with Crippen molar-refractivity contribution in [3.05, 3.63) is 102 Å². The number of hydrazone groups is 1. The number of nitrogens with zero attached hydrogens (tertiary/aromatic N) is 2. The highest BCUT2D eigenvalue weighted by molar-refractivity contribution is 6.21. The van der Waals surface area contributed by atoms with Gasteiger partial charge in [0, 0.05) is 11.8 Å². The van der Waals surface area contributed by atoms with E-state index in [1.807, 2.05) is 79.7 Å². The molecule has 0 aromatic heterocycles. The standard InChI is InChI=1S/C33H34N2O5/c1-5-40-30(37)29-28(23-14-8-6-9-15-23)33(22(3)34-35(31(33)38)25-17-10-7-11-18-25)27(26(20-36)32(29,4)39)24-16-12-13-21(2)19-24/h6-20,26-29,39H,5H2,1-4H3/t26-,27-,28+,29-,32-,33-/m1/s1. The van der Waals surface area contributed by atoms with Crippen LogP contribution in [-0.4, -0.2) is 41.2 Å². The fourth-order valence-electron chi connectivity index (χ4n) is 6.96. The van der Waals surface area contributed by atoms with E-state index < -0.39 is 40.7 Å². The summed E-state index contributed by atoms with van der Waals surface area (Å²) in [5, 5.41) is 18.4. The van der Waals surface area contributed by atoms with Gasteiger partial charge in [-0.2, -0.15) is 10.1 Å². The predicted molar refractivity (Wildman–Crippen MR) is 153 cm³/mol.